The van der Waals surface area contributed by atoms with Crippen molar-refractivity contribution in [3.63, 3.8) is 0 Å². The number of nitrogens with one attached hydrogen (secondary N) is 1. The highest BCUT2D eigenvalue weighted by atomic mass is 35.5. The van der Waals surface area contributed by atoms with Crippen LogP contribution < -0.4 is 10.1 Å². The lowest BCUT2D eigenvalue weighted by atomic mass is 10.1. The van der Waals surface area contributed by atoms with E-state index in [1.54, 1.807) is 12.3 Å². The quantitative estimate of drug-likeness (QED) is 0.276. The molecule has 0 spiro atoms. The normalized spacial score (nSPS) is 16.1. The second-order valence-corrected chi connectivity index (χ2v) is 9.49. The van der Waals surface area contributed by atoms with Gasteiger partial charge in [-0.1, -0.05) is 11.6 Å². The van der Waals surface area contributed by atoms with Gasteiger partial charge < -0.3 is 25.2 Å². The molecule has 2 atom stereocenters. The van der Waals surface area contributed by atoms with Crippen molar-refractivity contribution in [2.75, 3.05) is 18.5 Å². The molecule has 1 saturated heterocycles. The minimum absolute atomic E-state index is 0.0251. The van der Waals surface area contributed by atoms with Crippen LogP contribution in [0, 0.1) is 0 Å². The van der Waals surface area contributed by atoms with Gasteiger partial charge in [-0.15, -0.1) is 0 Å². The molecule has 0 bridgehead atoms. The van der Waals surface area contributed by atoms with Crippen molar-refractivity contribution in [3.05, 3.63) is 59.6 Å². The first-order valence-electron chi connectivity index (χ1n) is 12.3. The topological polar surface area (TPSA) is 147 Å². The van der Waals surface area contributed by atoms with E-state index in [0.717, 1.165) is 0 Å². The molecular weight excluding hydrogens is 552 g/mol. The lowest BCUT2D eigenvalue weighted by molar-refractivity contribution is -0.135. The van der Waals surface area contributed by atoms with Gasteiger partial charge in [-0.3, -0.25) is 14.3 Å². The number of benzene rings is 1. The highest BCUT2D eigenvalue weighted by Crippen LogP contribution is 2.37. The molecule has 15 heteroatoms. The average Bonchev–Trinajstić information content (AvgIpc) is 3.67. The predicted octanol–water partition coefficient (Wildman–Crippen LogP) is 2.44. The van der Waals surface area contributed by atoms with E-state index < -0.39 is 31.3 Å². The standard InChI is InChI=1S/C25H24ClF2N7O5/c26-14-4-5-20(40-25(27)28)15(9-14)22-17(31-24(39)16-10-30-35-8-2-6-29-23(16)35)11-33(32-22)12-21(38)34-7-1-3-18(34)19(37)13-36/h2,4-6,8-11,18-19,25,36-37H,1,3,7,12-13H2,(H,31,39). The minimum Gasteiger partial charge on any atom is -0.434 e. The molecule has 2 unspecified atom stereocenters. The third kappa shape index (κ3) is 5.59. The third-order valence-electron chi connectivity index (χ3n) is 6.49. The Balaban J connectivity index is 1.51. The molecule has 4 aromatic rings. The molecule has 210 valence electrons. The Morgan fingerprint density at radius 3 is 2.90 bits per heavy atom. The SMILES string of the molecule is O=C(Nc1cn(CC(=O)N2CCCC2C(O)CO)nc1-c1cc(Cl)ccc1OC(F)F)c1cnn2cccnc12. The first-order chi connectivity index (χ1) is 19.2. The summed E-state index contributed by atoms with van der Waals surface area (Å²) in [5.41, 5.74) is 0.599. The fourth-order valence-electron chi connectivity index (χ4n) is 4.71. The Labute approximate surface area is 230 Å². The van der Waals surface area contributed by atoms with Crippen LogP contribution in [0.4, 0.5) is 14.5 Å². The summed E-state index contributed by atoms with van der Waals surface area (Å²) in [5.74, 6) is -1.23. The van der Waals surface area contributed by atoms with Crippen LogP contribution in [-0.4, -0.2) is 83.2 Å². The maximum atomic E-state index is 13.2. The van der Waals surface area contributed by atoms with Crippen LogP contribution in [0.3, 0.4) is 0 Å². The van der Waals surface area contributed by atoms with E-state index in [1.165, 1.54) is 50.9 Å². The monoisotopic (exact) mass is 575 g/mol. The zero-order valence-electron chi connectivity index (χ0n) is 20.8. The summed E-state index contributed by atoms with van der Waals surface area (Å²) in [4.78, 5) is 32.0. The van der Waals surface area contributed by atoms with Crippen molar-refractivity contribution in [1.29, 1.82) is 0 Å². The van der Waals surface area contributed by atoms with Crippen molar-refractivity contribution in [2.24, 2.45) is 0 Å². The molecule has 1 aliphatic rings. The molecule has 0 saturated carbocycles. The van der Waals surface area contributed by atoms with E-state index >= 15 is 0 Å². The van der Waals surface area contributed by atoms with E-state index in [2.05, 4.69) is 25.2 Å². The molecule has 3 aromatic heterocycles. The van der Waals surface area contributed by atoms with Crippen LogP contribution in [0.1, 0.15) is 23.2 Å². The number of fused-ring (bicyclic) bond motifs is 1. The van der Waals surface area contributed by atoms with Crippen LogP contribution in [0.25, 0.3) is 16.9 Å². The summed E-state index contributed by atoms with van der Waals surface area (Å²) < 4.78 is 33.7. The first kappa shape index (κ1) is 27.4. The summed E-state index contributed by atoms with van der Waals surface area (Å²) >= 11 is 6.16. The molecule has 1 aliphatic heterocycles. The van der Waals surface area contributed by atoms with Crippen LogP contribution in [0.5, 0.6) is 5.75 Å². The van der Waals surface area contributed by atoms with Crippen molar-refractivity contribution < 1.29 is 33.3 Å². The number of alkyl halides is 2. The van der Waals surface area contributed by atoms with Gasteiger partial charge >= 0.3 is 6.61 Å². The number of likely N-dealkylation sites (tertiary alicyclic amines) is 1. The molecule has 12 nitrogen and oxygen atoms in total. The highest BCUT2D eigenvalue weighted by Gasteiger charge is 2.34. The van der Waals surface area contributed by atoms with E-state index in [9.17, 15) is 28.6 Å². The number of ether oxygens (including phenoxy) is 1. The van der Waals surface area contributed by atoms with Crippen molar-refractivity contribution in [1.82, 2.24) is 29.3 Å². The van der Waals surface area contributed by atoms with E-state index in [-0.39, 0.29) is 51.4 Å². The second-order valence-electron chi connectivity index (χ2n) is 9.05. The molecule has 1 fully saturated rings. The average molecular weight is 576 g/mol. The molecule has 2 amide bonds. The largest absolute Gasteiger partial charge is 0.434 e. The molecule has 5 rings (SSSR count). The third-order valence-corrected chi connectivity index (χ3v) is 6.73. The number of nitrogens with zero attached hydrogens (tertiary/aromatic N) is 6. The molecular formula is C25H24ClF2N7O5. The number of rotatable bonds is 9. The lowest BCUT2D eigenvalue weighted by Gasteiger charge is -2.27. The summed E-state index contributed by atoms with van der Waals surface area (Å²) in [7, 11) is 0. The second kappa shape index (κ2) is 11.5. The predicted molar refractivity (Wildman–Crippen MR) is 138 cm³/mol. The first-order valence-corrected chi connectivity index (χ1v) is 12.6. The summed E-state index contributed by atoms with van der Waals surface area (Å²) in [6.45, 7) is -3.53. The highest BCUT2D eigenvalue weighted by molar-refractivity contribution is 6.31. The fraction of sp³-hybridized carbons (Fsp3) is 0.320. The number of amides is 2. The summed E-state index contributed by atoms with van der Waals surface area (Å²) in [5, 5.41) is 30.9. The molecule has 0 radical (unpaired) electrons. The Kier molecular flexibility index (Phi) is 7.91. The number of halogens is 3. The van der Waals surface area contributed by atoms with Crippen LogP contribution >= 0.6 is 11.6 Å². The molecule has 0 aliphatic carbocycles. The molecule has 1 aromatic carbocycles. The van der Waals surface area contributed by atoms with Gasteiger partial charge in [0.25, 0.3) is 5.91 Å². The number of anilines is 1. The Hall–Kier alpha value is -4.14. The minimum atomic E-state index is -3.14. The summed E-state index contributed by atoms with van der Waals surface area (Å²) in [6, 6.07) is 5.07. The number of aliphatic hydroxyl groups excluding tert-OH is 2. The number of carbonyl (C=O) groups excluding carboxylic acids is 2. The number of aromatic nitrogens is 5. The number of hydrogen-bond acceptors (Lipinski definition) is 8. The maximum absolute atomic E-state index is 13.2. The number of hydrogen-bond donors (Lipinski definition) is 3. The van der Waals surface area contributed by atoms with Gasteiger partial charge in [-0.25, -0.2) is 9.50 Å². The van der Waals surface area contributed by atoms with Crippen molar-refractivity contribution in [2.45, 2.75) is 38.1 Å². The van der Waals surface area contributed by atoms with E-state index in [0.29, 0.717) is 19.4 Å². The number of carbonyl (C=O) groups is 2. The van der Waals surface area contributed by atoms with Gasteiger partial charge in [0.1, 0.15) is 23.6 Å². The van der Waals surface area contributed by atoms with Crippen LogP contribution in [-0.2, 0) is 11.3 Å². The fourth-order valence-corrected chi connectivity index (χ4v) is 4.88. The number of aliphatic hydroxyl groups is 2. The lowest BCUT2D eigenvalue weighted by Crippen LogP contribution is -2.45. The Bertz CT molecular complexity index is 1550. The smallest absolute Gasteiger partial charge is 0.387 e. The van der Waals surface area contributed by atoms with Crippen LogP contribution in [0.2, 0.25) is 5.02 Å². The van der Waals surface area contributed by atoms with Gasteiger partial charge in [0.2, 0.25) is 5.91 Å². The van der Waals surface area contributed by atoms with E-state index in [4.69, 9.17) is 11.6 Å². The Morgan fingerprint density at radius 1 is 1.30 bits per heavy atom. The molecule has 40 heavy (non-hydrogen) atoms. The van der Waals surface area contributed by atoms with E-state index in [1.807, 2.05) is 0 Å². The van der Waals surface area contributed by atoms with Gasteiger partial charge in [0.15, 0.2) is 5.65 Å². The van der Waals surface area contributed by atoms with Crippen molar-refractivity contribution in [3.8, 4) is 17.0 Å². The van der Waals surface area contributed by atoms with Gasteiger partial charge in [-0.2, -0.15) is 19.0 Å². The van der Waals surface area contributed by atoms with Gasteiger partial charge in [0.05, 0.1) is 30.6 Å². The van der Waals surface area contributed by atoms with Gasteiger partial charge in [-0.05, 0) is 37.1 Å². The molecule has 4 heterocycles. The van der Waals surface area contributed by atoms with Gasteiger partial charge in [0, 0.05) is 35.7 Å². The van der Waals surface area contributed by atoms with Crippen molar-refractivity contribution >= 4 is 34.7 Å². The zero-order chi connectivity index (χ0) is 28.4. The molecule has 3 N–H and O–H groups in total. The maximum Gasteiger partial charge on any atom is 0.387 e. The van der Waals surface area contributed by atoms with Crippen LogP contribution in [0.15, 0.2) is 49.1 Å². The zero-order valence-corrected chi connectivity index (χ0v) is 21.6. The Morgan fingerprint density at radius 2 is 2.12 bits per heavy atom. The summed E-state index contributed by atoms with van der Waals surface area (Å²) in [6.07, 6.45) is 5.93.